The number of anilines is 2. The molecule has 0 saturated carbocycles. The minimum Gasteiger partial charge on any atom is -0.477 e. The molecule has 1 aromatic heterocycles. The van der Waals surface area contributed by atoms with E-state index in [-0.39, 0.29) is 5.69 Å². The van der Waals surface area contributed by atoms with E-state index in [4.69, 9.17) is 4.74 Å². The van der Waals surface area contributed by atoms with Gasteiger partial charge in [0.25, 0.3) is 5.69 Å². The Morgan fingerprint density at radius 3 is 2.47 bits per heavy atom. The number of rotatable bonds is 14. The number of nitrogens with one attached hydrogen (secondary N) is 2. The van der Waals surface area contributed by atoms with Crippen LogP contribution in [0.15, 0.2) is 42.5 Å². The maximum atomic E-state index is 11.7. The third-order valence-electron chi connectivity index (χ3n) is 5.64. The molecule has 9 nitrogen and oxygen atoms in total. The van der Waals surface area contributed by atoms with Crippen molar-refractivity contribution in [1.82, 2.24) is 14.9 Å². The summed E-state index contributed by atoms with van der Waals surface area (Å²) in [4.78, 5) is 22.8. The summed E-state index contributed by atoms with van der Waals surface area (Å²) < 4.78 is 6.04. The van der Waals surface area contributed by atoms with Gasteiger partial charge in [-0.25, -0.2) is 4.98 Å². The number of nitrogens with zero attached hydrogens (tertiary/aromatic N) is 4. The topological polar surface area (TPSA) is 105 Å². The highest BCUT2D eigenvalue weighted by atomic mass is 16.6. The molecule has 0 saturated heterocycles. The molecule has 0 spiro atoms. The van der Waals surface area contributed by atoms with Gasteiger partial charge in [-0.2, -0.15) is 4.98 Å². The molecule has 2 N–H and O–H groups in total. The second-order valence-corrected chi connectivity index (χ2v) is 7.95. The van der Waals surface area contributed by atoms with Crippen LogP contribution < -0.4 is 15.4 Å². The lowest BCUT2D eigenvalue weighted by Crippen LogP contribution is -2.24. The van der Waals surface area contributed by atoms with Crippen LogP contribution in [-0.2, 0) is 6.54 Å². The largest absolute Gasteiger partial charge is 0.477 e. The SMILES string of the molecule is CCNc1cc2nc(NCc3ccccc3)nc(OCCCCN(CC)CC)c2cc1[N+](=O)[O-]. The van der Waals surface area contributed by atoms with Gasteiger partial charge in [-0.05, 0) is 51.0 Å². The van der Waals surface area contributed by atoms with Gasteiger partial charge in [-0.3, -0.25) is 10.1 Å². The molecular weight excluding hydrogens is 432 g/mol. The predicted octanol–water partition coefficient (Wildman–Crippen LogP) is 5.08. The van der Waals surface area contributed by atoms with Gasteiger partial charge in [-0.1, -0.05) is 44.2 Å². The molecule has 1 heterocycles. The second-order valence-electron chi connectivity index (χ2n) is 7.95. The predicted molar refractivity (Wildman–Crippen MR) is 137 cm³/mol. The third kappa shape index (κ3) is 6.77. The van der Waals surface area contributed by atoms with Gasteiger partial charge in [-0.15, -0.1) is 0 Å². The molecule has 0 unspecified atom stereocenters. The number of unbranched alkanes of at least 4 members (excludes halogenated alkanes) is 1. The van der Waals surface area contributed by atoms with E-state index in [1.165, 1.54) is 6.07 Å². The summed E-state index contributed by atoms with van der Waals surface area (Å²) in [6.45, 7) is 10.9. The molecule has 0 bridgehead atoms. The minimum atomic E-state index is -0.396. The number of nitro groups is 1. The van der Waals surface area contributed by atoms with E-state index in [1.807, 2.05) is 37.3 Å². The van der Waals surface area contributed by atoms with Crippen LogP contribution in [0.25, 0.3) is 10.9 Å². The van der Waals surface area contributed by atoms with Gasteiger partial charge in [0.05, 0.1) is 22.4 Å². The summed E-state index contributed by atoms with van der Waals surface area (Å²) in [5.41, 5.74) is 2.10. The Morgan fingerprint density at radius 1 is 1.03 bits per heavy atom. The molecule has 0 amide bonds. The van der Waals surface area contributed by atoms with Crippen molar-refractivity contribution in [3.8, 4) is 5.88 Å². The van der Waals surface area contributed by atoms with E-state index in [0.29, 0.717) is 48.1 Å². The van der Waals surface area contributed by atoms with Gasteiger partial charge in [0.1, 0.15) is 5.69 Å². The van der Waals surface area contributed by atoms with Crippen LogP contribution >= 0.6 is 0 Å². The van der Waals surface area contributed by atoms with Crippen molar-refractivity contribution in [2.24, 2.45) is 0 Å². The highest BCUT2D eigenvalue weighted by Gasteiger charge is 2.19. The van der Waals surface area contributed by atoms with Crippen LogP contribution in [0.1, 0.15) is 39.2 Å². The van der Waals surface area contributed by atoms with Gasteiger partial charge >= 0.3 is 0 Å². The number of ether oxygens (including phenoxy) is 1. The molecular formula is C25H34N6O3. The quantitative estimate of drug-likeness (QED) is 0.192. The van der Waals surface area contributed by atoms with Crippen molar-refractivity contribution in [2.75, 3.05) is 43.4 Å². The van der Waals surface area contributed by atoms with Gasteiger partial charge in [0.2, 0.25) is 11.8 Å². The van der Waals surface area contributed by atoms with E-state index >= 15 is 0 Å². The number of aromatic nitrogens is 2. The van der Waals surface area contributed by atoms with Crippen molar-refractivity contribution in [3.63, 3.8) is 0 Å². The van der Waals surface area contributed by atoms with E-state index in [0.717, 1.165) is 38.0 Å². The fourth-order valence-electron chi connectivity index (χ4n) is 3.73. The second kappa shape index (κ2) is 12.7. The first-order chi connectivity index (χ1) is 16.5. The molecule has 3 aromatic rings. The van der Waals surface area contributed by atoms with E-state index in [9.17, 15) is 10.1 Å². The molecule has 0 fully saturated rings. The third-order valence-corrected chi connectivity index (χ3v) is 5.64. The summed E-state index contributed by atoms with van der Waals surface area (Å²) in [5.74, 6) is 0.778. The van der Waals surface area contributed by atoms with Crippen LogP contribution in [0.4, 0.5) is 17.3 Å². The minimum absolute atomic E-state index is 0.0191. The Hall–Kier alpha value is -3.46. The van der Waals surface area contributed by atoms with E-state index < -0.39 is 4.92 Å². The average Bonchev–Trinajstić information content (AvgIpc) is 2.85. The zero-order valence-corrected chi connectivity index (χ0v) is 20.2. The Bertz CT molecular complexity index is 1070. The van der Waals surface area contributed by atoms with E-state index in [1.54, 1.807) is 6.07 Å². The highest BCUT2D eigenvalue weighted by Crippen LogP contribution is 2.34. The van der Waals surface area contributed by atoms with Crippen LogP contribution in [-0.4, -0.2) is 52.6 Å². The number of nitro benzene ring substituents is 1. The summed E-state index contributed by atoms with van der Waals surface area (Å²) in [5, 5.41) is 18.5. The molecule has 3 rings (SSSR count). The zero-order chi connectivity index (χ0) is 24.3. The van der Waals surface area contributed by atoms with Gasteiger partial charge < -0.3 is 20.3 Å². The van der Waals surface area contributed by atoms with Gasteiger partial charge in [0, 0.05) is 19.2 Å². The lowest BCUT2D eigenvalue weighted by molar-refractivity contribution is -0.383. The first-order valence-electron chi connectivity index (χ1n) is 11.9. The van der Waals surface area contributed by atoms with Gasteiger partial charge in [0.15, 0.2) is 0 Å². The first kappa shape index (κ1) is 25.2. The molecule has 2 aromatic carbocycles. The number of hydrogen-bond acceptors (Lipinski definition) is 8. The molecule has 34 heavy (non-hydrogen) atoms. The van der Waals surface area contributed by atoms with Crippen molar-refractivity contribution in [2.45, 2.75) is 40.2 Å². The van der Waals surface area contributed by atoms with Crippen LogP contribution in [0, 0.1) is 10.1 Å². The Balaban J connectivity index is 1.85. The van der Waals surface area contributed by atoms with Crippen LogP contribution in [0.5, 0.6) is 5.88 Å². The molecule has 0 radical (unpaired) electrons. The zero-order valence-electron chi connectivity index (χ0n) is 20.2. The molecule has 0 aliphatic carbocycles. The lowest BCUT2D eigenvalue weighted by atomic mass is 10.2. The normalized spacial score (nSPS) is 11.1. The highest BCUT2D eigenvalue weighted by molar-refractivity contribution is 5.91. The summed E-state index contributed by atoms with van der Waals surface area (Å²) >= 11 is 0. The van der Waals surface area contributed by atoms with E-state index in [2.05, 4.69) is 39.3 Å². The fraction of sp³-hybridized carbons (Fsp3) is 0.440. The van der Waals surface area contributed by atoms with Crippen molar-refractivity contribution < 1.29 is 9.66 Å². The van der Waals surface area contributed by atoms with Crippen molar-refractivity contribution >= 4 is 28.2 Å². The summed E-state index contributed by atoms with van der Waals surface area (Å²) in [7, 11) is 0. The monoisotopic (exact) mass is 466 g/mol. The van der Waals surface area contributed by atoms with Crippen molar-refractivity contribution in [3.05, 3.63) is 58.1 Å². The molecule has 0 aliphatic rings. The maximum absolute atomic E-state index is 11.7. The Kier molecular flexibility index (Phi) is 9.40. The molecule has 182 valence electrons. The average molecular weight is 467 g/mol. The fourth-order valence-corrected chi connectivity index (χ4v) is 3.73. The number of fused-ring (bicyclic) bond motifs is 1. The summed E-state index contributed by atoms with van der Waals surface area (Å²) in [6.07, 6.45) is 1.88. The number of hydrogen-bond donors (Lipinski definition) is 2. The Morgan fingerprint density at radius 2 is 1.79 bits per heavy atom. The Labute approximate surface area is 200 Å². The molecule has 9 heteroatoms. The molecule has 0 atom stereocenters. The van der Waals surface area contributed by atoms with Crippen LogP contribution in [0.2, 0.25) is 0 Å². The lowest BCUT2D eigenvalue weighted by Gasteiger charge is -2.17. The summed E-state index contributed by atoms with van der Waals surface area (Å²) in [6, 6.07) is 13.2. The standard InChI is InChI=1S/C25H34N6O3/c1-4-26-22-17-21-20(16-23(22)31(32)33)24(34-15-11-10-14-30(5-2)6-3)29-25(28-21)27-18-19-12-8-7-9-13-19/h7-9,12-13,16-17,26H,4-6,10-11,14-15,18H2,1-3H3,(H,27,28,29). The molecule has 0 aliphatic heterocycles. The number of benzene rings is 2. The smallest absolute Gasteiger partial charge is 0.293 e. The van der Waals surface area contributed by atoms with Crippen molar-refractivity contribution in [1.29, 1.82) is 0 Å². The maximum Gasteiger partial charge on any atom is 0.293 e. The van der Waals surface area contributed by atoms with Crippen LogP contribution in [0.3, 0.4) is 0 Å². The first-order valence-corrected chi connectivity index (χ1v) is 11.9.